The highest BCUT2D eigenvalue weighted by Gasteiger charge is 2.36. The van der Waals surface area contributed by atoms with Crippen LogP contribution in [0.25, 0.3) is 0 Å². The first-order valence-electron chi connectivity index (χ1n) is 6.21. The molecule has 0 heterocycles. The second-order valence-electron chi connectivity index (χ2n) is 6.01. The quantitative estimate of drug-likeness (QED) is 0.843. The summed E-state index contributed by atoms with van der Waals surface area (Å²) in [5, 5.41) is 9.26. The Morgan fingerprint density at radius 2 is 1.56 bits per heavy atom. The Labute approximate surface area is 109 Å². The van der Waals surface area contributed by atoms with E-state index in [2.05, 4.69) is 0 Å². The molecule has 0 fully saturated rings. The molecule has 18 heavy (non-hydrogen) atoms. The Morgan fingerprint density at radius 3 is 1.78 bits per heavy atom. The van der Waals surface area contributed by atoms with Crippen LogP contribution in [0.3, 0.4) is 0 Å². The second-order valence-corrected chi connectivity index (χ2v) is 6.01. The Hall–Kier alpha value is -1.26. The molecule has 5 heteroatoms. The van der Waals surface area contributed by atoms with Crippen molar-refractivity contribution >= 4 is 12.1 Å². The van der Waals surface area contributed by atoms with Crippen molar-refractivity contribution in [2.75, 3.05) is 0 Å². The summed E-state index contributed by atoms with van der Waals surface area (Å²) in [6, 6.07) is -1.11. The maximum Gasteiger partial charge on any atom is 0.411 e. The van der Waals surface area contributed by atoms with E-state index >= 15 is 0 Å². The highest BCUT2D eigenvalue weighted by Crippen LogP contribution is 2.19. The number of carbonyl (C=O) groups is 2. The lowest BCUT2D eigenvalue weighted by Gasteiger charge is -2.35. The van der Waals surface area contributed by atoms with Crippen molar-refractivity contribution in [2.45, 2.75) is 66.2 Å². The number of nitrogens with zero attached hydrogens (tertiary/aromatic N) is 1. The van der Waals surface area contributed by atoms with Gasteiger partial charge in [0.1, 0.15) is 11.6 Å². The van der Waals surface area contributed by atoms with Crippen LogP contribution in [0.1, 0.15) is 48.5 Å². The summed E-state index contributed by atoms with van der Waals surface area (Å²) in [6.07, 6.45) is -0.585. The van der Waals surface area contributed by atoms with Gasteiger partial charge in [-0.3, -0.25) is 4.90 Å². The molecule has 0 saturated heterocycles. The molecule has 0 rings (SSSR count). The third-order valence-corrected chi connectivity index (χ3v) is 2.34. The SMILES string of the molecule is CC(C)C(C(=O)O)N(C(=O)OC(C)(C)C)C(C)C. The maximum atomic E-state index is 12.1. The number of hydrogen-bond donors (Lipinski definition) is 1. The van der Waals surface area contributed by atoms with Gasteiger partial charge in [-0.2, -0.15) is 0 Å². The zero-order valence-corrected chi connectivity index (χ0v) is 12.4. The largest absolute Gasteiger partial charge is 0.480 e. The summed E-state index contributed by atoms with van der Waals surface area (Å²) in [6.45, 7) is 12.4. The van der Waals surface area contributed by atoms with Crippen molar-refractivity contribution in [3.8, 4) is 0 Å². The zero-order chi connectivity index (χ0) is 14.7. The smallest absolute Gasteiger partial charge is 0.411 e. The number of aliphatic carboxylic acids is 1. The van der Waals surface area contributed by atoms with Gasteiger partial charge in [0.2, 0.25) is 0 Å². The van der Waals surface area contributed by atoms with Gasteiger partial charge in [-0.15, -0.1) is 0 Å². The summed E-state index contributed by atoms with van der Waals surface area (Å²) in [4.78, 5) is 24.7. The fraction of sp³-hybridized carbons (Fsp3) is 0.846. The molecular formula is C13H25NO4. The number of carbonyl (C=O) groups excluding carboxylic acids is 1. The van der Waals surface area contributed by atoms with E-state index in [4.69, 9.17) is 4.74 Å². The number of rotatable bonds is 4. The van der Waals surface area contributed by atoms with E-state index in [1.165, 1.54) is 4.90 Å². The molecule has 0 aliphatic heterocycles. The van der Waals surface area contributed by atoms with Crippen LogP contribution in [0.2, 0.25) is 0 Å². The summed E-state index contributed by atoms with van der Waals surface area (Å²) >= 11 is 0. The molecule has 0 aromatic rings. The standard InChI is InChI=1S/C13H25NO4/c1-8(2)10(11(15)16)14(9(3)4)12(17)18-13(5,6)7/h8-10H,1-7H3,(H,15,16). The van der Waals surface area contributed by atoms with Crippen molar-refractivity contribution < 1.29 is 19.4 Å². The van der Waals surface area contributed by atoms with E-state index < -0.39 is 23.7 Å². The predicted octanol–water partition coefficient (Wildman–Crippen LogP) is 2.74. The maximum absolute atomic E-state index is 12.1. The molecule has 5 nitrogen and oxygen atoms in total. The molecule has 1 unspecified atom stereocenters. The summed E-state index contributed by atoms with van der Waals surface area (Å²) < 4.78 is 5.27. The van der Waals surface area contributed by atoms with E-state index in [-0.39, 0.29) is 12.0 Å². The van der Waals surface area contributed by atoms with Crippen molar-refractivity contribution in [3.05, 3.63) is 0 Å². The number of carboxylic acid groups (broad SMARTS) is 1. The highest BCUT2D eigenvalue weighted by molar-refractivity contribution is 5.80. The number of amides is 1. The van der Waals surface area contributed by atoms with Gasteiger partial charge >= 0.3 is 12.1 Å². The van der Waals surface area contributed by atoms with E-state index in [1.807, 2.05) is 0 Å². The molecular weight excluding hydrogens is 234 g/mol. The molecule has 0 aliphatic carbocycles. The molecule has 0 saturated carbocycles. The third kappa shape index (κ3) is 4.94. The summed E-state index contributed by atoms with van der Waals surface area (Å²) in [7, 11) is 0. The van der Waals surface area contributed by atoms with Crippen LogP contribution in [0.5, 0.6) is 0 Å². The van der Waals surface area contributed by atoms with Crippen LogP contribution < -0.4 is 0 Å². The Bertz CT molecular complexity index is 305. The lowest BCUT2D eigenvalue weighted by Crippen LogP contribution is -2.52. The molecule has 0 spiro atoms. The average Bonchev–Trinajstić information content (AvgIpc) is 2.08. The topological polar surface area (TPSA) is 66.8 Å². The summed E-state index contributed by atoms with van der Waals surface area (Å²) in [5.41, 5.74) is -0.635. The lowest BCUT2D eigenvalue weighted by atomic mass is 10.0. The van der Waals surface area contributed by atoms with Gasteiger partial charge in [0.15, 0.2) is 0 Å². The number of hydrogen-bond acceptors (Lipinski definition) is 3. The summed E-state index contributed by atoms with van der Waals surface area (Å²) in [5.74, 6) is -1.19. The van der Waals surface area contributed by atoms with Crippen molar-refractivity contribution in [1.82, 2.24) is 4.90 Å². The normalized spacial score (nSPS) is 13.6. The van der Waals surface area contributed by atoms with Crippen LogP contribution in [-0.2, 0) is 9.53 Å². The minimum atomic E-state index is -1.01. The highest BCUT2D eigenvalue weighted by atomic mass is 16.6. The number of carboxylic acids is 1. The van der Waals surface area contributed by atoms with Gasteiger partial charge in [0, 0.05) is 6.04 Å². The van der Waals surface area contributed by atoms with E-state index in [0.29, 0.717) is 0 Å². The van der Waals surface area contributed by atoms with Gasteiger partial charge in [-0.05, 0) is 40.5 Å². The Kier molecular flexibility index (Phi) is 5.64. The Balaban J connectivity index is 5.17. The molecule has 1 amide bonds. The van der Waals surface area contributed by atoms with Gasteiger partial charge in [-0.25, -0.2) is 9.59 Å². The van der Waals surface area contributed by atoms with Crippen molar-refractivity contribution in [2.24, 2.45) is 5.92 Å². The fourth-order valence-electron chi connectivity index (χ4n) is 1.69. The van der Waals surface area contributed by atoms with E-state index in [1.54, 1.807) is 48.5 Å². The molecule has 0 bridgehead atoms. The minimum Gasteiger partial charge on any atom is -0.480 e. The van der Waals surface area contributed by atoms with Crippen LogP contribution in [0, 0.1) is 5.92 Å². The van der Waals surface area contributed by atoms with Crippen LogP contribution in [0.15, 0.2) is 0 Å². The fourth-order valence-corrected chi connectivity index (χ4v) is 1.69. The molecule has 1 N–H and O–H groups in total. The third-order valence-electron chi connectivity index (χ3n) is 2.34. The van der Waals surface area contributed by atoms with Crippen molar-refractivity contribution in [1.29, 1.82) is 0 Å². The predicted molar refractivity (Wildman–Crippen MR) is 69.5 cm³/mol. The van der Waals surface area contributed by atoms with E-state index in [9.17, 15) is 14.7 Å². The van der Waals surface area contributed by atoms with Crippen molar-refractivity contribution in [3.63, 3.8) is 0 Å². The van der Waals surface area contributed by atoms with Gasteiger partial charge in [0.05, 0.1) is 0 Å². The lowest BCUT2D eigenvalue weighted by molar-refractivity contribution is -0.145. The first kappa shape index (κ1) is 16.7. The monoisotopic (exact) mass is 259 g/mol. The van der Waals surface area contributed by atoms with Crippen LogP contribution in [-0.4, -0.2) is 39.8 Å². The molecule has 1 atom stereocenters. The molecule has 0 radical (unpaired) electrons. The van der Waals surface area contributed by atoms with Crippen LogP contribution in [0.4, 0.5) is 4.79 Å². The average molecular weight is 259 g/mol. The first-order valence-corrected chi connectivity index (χ1v) is 6.21. The molecule has 106 valence electrons. The molecule has 0 aromatic carbocycles. The van der Waals surface area contributed by atoms with Crippen LogP contribution >= 0.6 is 0 Å². The minimum absolute atomic E-state index is 0.183. The van der Waals surface area contributed by atoms with Gasteiger partial charge in [-0.1, -0.05) is 13.8 Å². The Morgan fingerprint density at radius 1 is 1.11 bits per heavy atom. The zero-order valence-electron chi connectivity index (χ0n) is 12.4. The van der Waals surface area contributed by atoms with Gasteiger partial charge in [0.25, 0.3) is 0 Å². The second kappa shape index (κ2) is 6.07. The van der Waals surface area contributed by atoms with Gasteiger partial charge < -0.3 is 9.84 Å². The molecule has 0 aliphatic rings. The first-order chi connectivity index (χ1) is 7.97. The van der Waals surface area contributed by atoms with E-state index in [0.717, 1.165) is 0 Å². The number of ether oxygens (including phenoxy) is 1. The molecule has 0 aromatic heterocycles.